The van der Waals surface area contributed by atoms with E-state index in [4.69, 9.17) is 0 Å². The maximum absolute atomic E-state index is 13.2. The van der Waals surface area contributed by atoms with E-state index in [1.165, 1.54) is 0 Å². The minimum absolute atomic E-state index is 0.0407. The van der Waals surface area contributed by atoms with E-state index < -0.39 is 36.0 Å². The van der Waals surface area contributed by atoms with Crippen LogP contribution >= 0.6 is 0 Å². The van der Waals surface area contributed by atoms with Gasteiger partial charge in [-0.05, 0) is 48.0 Å². The van der Waals surface area contributed by atoms with Crippen molar-refractivity contribution in [1.82, 2.24) is 4.98 Å². The fourth-order valence-electron chi connectivity index (χ4n) is 2.72. The summed E-state index contributed by atoms with van der Waals surface area (Å²) in [6.45, 7) is 0. The number of hydrogen-bond acceptors (Lipinski definition) is 3. The molecule has 0 saturated heterocycles. The molecule has 3 nitrogen and oxygen atoms in total. The van der Waals surface area contributed by atoms with Gasteiger partial charge in [-0.3, -0.25) is 4.98 Å². The fourth-order valence-corrected chi connectivity index (χ4v) is 2.72. The average molecular weight is 467 g/mol. The van der Waals surface area contributed by atoms with Crippen molar-refractivity contribution in [3.63, 3.8) is 0 Å². The molecule has 2 aromatic carbocycles. The highest BCUT2D eigenvalue weighted by Crippen LogP contribution is 2.38. The van der Waals surface area contributed by atoms with Crippen molar-refractivity contribution in [2.24, 2.45) is 0 Å². The van der Waals surface area contributed by atoms with Crippen LogP contribution in [0.4, 0.5) is 39.5 Å². The van der Waals surface area contributed by atoms with Gasteiger partial charge in [0.25, 0.3) is 0 Å². The predicted octanol–water partition coefficient (Wildman–Crippen LogP) is 7.23. The summed E-state index contributed by atoms with van der Waals surface area (Å²) in [5, 5.41) is 0. The van der Waals surface area contributed by atoms with Crippen LogP contribution in [-0.2, 0) is 6.18 Å². The molecule has 0 aliphatic rings. The smallest absolute Gasteiger partial charge is 0.406 e. The molecule has 3 aromatic rings. The number of hydrogen-bond donors (Lipinski definition) is 0. The predicted molar refractivity (Wildman–Crippen MR) is 93.5 cm³/mol. The first-order valence-corrected chi connectivity index (χ1v) is 8.51. The molecule has 0 radical (unpaired) electrons. The third-order valence-electron chi connectivity index (χ3n) is 3.98. The zero-order valence-corrected chi connectivity index (χ0v) is 15.4. The second kappa shape index (κ2) is 8.24. The highest BCUT2D eigenvalue weighted by atomic mass is 19.4. The first-order valence-electron chi connectivity index (χ1n) is 8.51. The minimum atomic E-state index is -4.95. The molecule has 170 valence electrons. The third kappa shape index (κ3) is 6.05. The van der Waals surface area contributed by atoms with Gasteiger partial charge < -0.3 is 9.47 Å². The van der Waals surface area contributed by atoms with Gasteiger partial charge in [0.2, 0.25) is 0 Å². The zero-order valence-electron chi connectivity index (χ0n) is 15.4. The second-order valence-corrected chi connectivity index (χ2v) is 6.26. The molecule has 0 saturated carbocycles. The Kier molecular flexibility index (Phi) is 5.98. The normalized spacial score (nSPS) is 12.5. The van der Waals surface area contributed by atoms with E-state index >= 15 is 0 Å². The van der Waals surface area contributed by atoms with Gasteiger partial charge in [0.15, 0.2) is 0 Å². The van der Waals surface area contributed by atoms with Gasteiger partial charge in [-0.2, -0.15) is 13.2 Å². The number of nitrogens with zero attached hydrogens (tertiary/aromatic N) is 1. The molecule has 1 heterocycles. The summed E-state index contributed by atoms with van der Waals surface area (Å²) >= 11 is 0. The summed E-state index contributed by atoms with van der Waals surface area (Å²) in [5.74, 6) is -1.14. The number of rotatable bonds is 4. The van der Waals surface area contributed by atoms with Gasteiger partial charge >= 0.3 is 18.9 Å². The van der Waals surface area contributed by atoms with Crippen LogP contribution in [0.15, 0.2) is 60.8 Å². The maximum Gasteiger partial charge on any atom is 0.573 e. The average Bonchev–Trinajstić information content (AvgIpc) is 2.66. The van der Waals surface area contributed by atoms with Gasteiger partial charge in [-0.25, -0.2) is 0 Å². The molecule has 0 aliphatic carbocycles. The van der Waals surface area contributed by atoms with E-state index in [2.05, 4.69) is 14.5 Å². The zero-order chi connectivity index (χ0) is 23.7. The van der Waals surface area contributed by atoms with E-state index in [9.17, 15) is 39.5 Å². The number of ether oxygens (including phenoxy) is 2. The Morgan fingerprint density at radius 1 is 0.594 bits per heavy atom. The quantitative estimate of drug-likeness (QED) is 0.380. The van der Waals surface area contributed by atoms with Gasteiger partial charge in [0, 0.05) is 17.3 Å². The summed E-state index contributed by atoms with van der Waals surface area (Å²) in [4.78, 5) is 3.78. The maximum atomic E-state index is 13.2. The largest absolute Gasteiger partial charge is 0.573 e. The van der Waals surface area contributed by atoms with Crippen LogP contribution in [0.2, 0.25) is 0 Å². The van der Waals surface area contributed by atoms with E-state index in [0.29, 0.717) is 6.20 Å². The van der Waals surface area contributed by atoms with Crippen molar-refractivity contribution >= 4 is 0 Å². The molecule has 0 bridgehead atoms. The summed E-state index contributed by atoms with van der Waals surface area (Å²) in [6, 6.07) is 8.97. The van der Waals surface area contributed by atoms with Gasteiger partial charge in [0.1, 0.15) is 11.5 Å². The van der Waals surface area contributed by atoms with E-state index in [0.717, 1.165) is 54.6 Å². The molecule has 0 unspecified atom stereocenters. The Bertz CT molecular complexity index is 1070. The molecule has 0 fully saturated rings. The molecular formula is C20H10F9NO2. The monoisotopic (exact) mass is 467 g/mol. The number of aromatic nitrogens is 1. The standard InChI is InChI=1S/C20H10F9NO2/c21-18(22,23)13-9-16(11-1-5-14(6-2-11)31-19(24,25)26)17(30-10-13)12-3-7-15(8-4-12)32-20(27,28)29/h1-10H. The SMILES string of the molecule is FC(F)(F)Oc1ccc(-c2cc(C(F)(F)F)cnc2-c2ccc(OC(F)(F)F)cc2)cc1. The number of pyridine rings is 1. The number of benzene rings is 2. The lowest BCUT2D eigenvalue weighted by Crippen LogP contribution is -2.17. The Morgan fingerprint density at radius 3 is 1.44 bits per heavy atom. The van der Waals surface area contributed by atoms with Crippen molar-refractivity contribution in [2.75, 3.05) is 0 Å². The lowest BCUT2D eigenvalue weighted by Gasteiger charge is -2.15. The molecule has 0 amide bonds. The van der Waals surface area contributed by atoms with Gasteiger partial charge in [0.05, 0.1) is 11.3 Å². The molecule has 12 heteroatoms. The van der Waals surface area contributed by atoms with Crippen molar-refractivity contribution in [3.8, 4) is 33.9 Å². The van der Waals surface area contributed by atoms with E-state index in [1.54, 1.807) is 0 Å². The Balaban J connectivity index is 2.04. The topological polar surface area (TPSA) is 31.4 Å². The van der Waals surface area contributed by atoms with Gasteiger partial charge in [-0.1, -0.05) is 12.1 Å². The molecule has 32 heavy (non-hydrogen) atoms. The molecule has 0 aliphatic heterocycles. The molecule has 1 aromatic heterocycles. The molecule has 0 atom stereocenters. The summed E-state index contributed by atoms with van der Waals surface area (Å²) in [5.41, 5.74) is -1.05. The summed E-state index contributed by atoms with van der Waals surface area (Å²) < 4.78 is 121. The Hall–Kier alpha value is -3.44. The highest BCUT2D eigenvalue weighted by molar-refractivity contribution is 5.81. The molecule has 3 rings (SSSR count). The first kappa shape index (κ1) is 23.2. The lowest BCUT2D eigenvalue weighted by molar-refractivity contribution is -0.275. The first-order chi connectivity index (χ1) is 14.7. The van der Waals surface area contributed by atoms with Crippen LogP contribution in [0.5, 0.6) is 11.5 Å². The van der Waals surface area contributed by atoms with Crippen molar-refractivity contribution in [1.29, 1.82) is 0 Å². The molecule has 0 spiro atoms. The van der Waals surface area contributed by atoms with E-state index in [-0.39, 0.29) is 22.4 Å². The van der Waals surface area contributed by atoms with E-state index in [1.807, 2.05) is 0 Å². The van der Waals surface area contributed by atoms with Crippen LogP contribution in [0.1, 0.15) is 5.56 Å². The summed E-state index contributed by atoms with van der Waals surface area (Å²) in [7, 11) is 0. The van der Waals surface area contributed by atoms with Crippen molar-refractivity contribution in [3.05, 3.63) is 66.4 Å². The highest BCUT2D eigenvalue weighted by Gasteiger charge is 2.33. The van der Waals surface area contributed by atoms with Crippen LogP contribution in [0.25, 0.3) is 22.4 Å². The fraction of sp³-hybridized carbons (Fsp3) is 0.150. The van der Waals surface area contributed by atoms with Crippen LogP contribution in [0.3, 0.4) is 0 Å². The summed E-state index contributed by atoms with van der Waals surface area (Å²) in [6.07, 6.45) is -14.1. The van der Waals surface area contributed by atoms with Crippen LogP contribution in [-0.4, -0.2) is 17.7 Å². The van der Waals surface area contributed by atoms with Crippen LogP contribution < -0.4 is 9.47 Å². The minimum Gasteiger partial charge on any atom is -0.406 e. The van der Waals surface area contributed by atoms with Crippen LogP contribution in [0, 0.1) is 0 Å². The number of halogens is 9. The third-order valence-corrected chi connectivity index (χ3v) is 3.98. The molecule has 0 N–H and O–H groups in total. The number of alkyl halides is 9. The van der Waals surface area contributed by atoms with Crippen molar-refractivity contribution in [2.45, 2.75) is 18.9 Å². The van der Waals surface area contributed by atoms with Gasteiger partial charge in [-0.15, -0.1) is 26.3 Å². The second-order valence-electron chi connectivity index (χ2n) is 6.26. The molecular weight excluding hydrogens is 457 g/mol. The lowest BCUT2D eigenvalue weighted by atomic mass is 9.97. The Labute approximate surface area is 174 Å². The Morgan fingerprint density at radius 2 is 1.03 bits per heavy atom. The van der Waals surface area contributed by atoms with Crippen molar-refractivity contribution < 1.29 is 49.0 Å².